The first-order valence-electron chi connectivity index (χ1n) is 9.49. The molecule has 2 N–H and O–H groups in total. The first kappa shape index (κ1) is 19.2. The van der Waals surface area contributed by atoms with Crippen LogP contribution >= 0.6 is 0 Å². The molecule has 1 aliphatic rings. The predicted molar refractivity (Wildman–Crippen MR) is 110 cm³/mol. The molecule has 0 bridgehead atoms. The quantitative estimate of drug-likeness (QED) is 0.489. The Hall–Kier alpha value is -4.17. The van der Waals surface area contributed by atoms with Crippen molar-refractivity contribution in [3.8, 4) is 23.4 Å². The summed E-state index contributed by atoms with van der Waals surface area (Å²) in [7, 11) is 0. The second kappa shape index (κ2) is 7.69. The van der Waals surface area contributed by atoms with Gasteiger partial charge in [0.05, 0.1) is 40.8 Å². The van der Waals surface area contributed by atoms with Gasteiger partial charge in [-0.15, -0.1) is 0 Å². The van der Waals surface area contributed by atoms with E-state index in [2.05, 4.69) is 22.4 Å². The van der Waals surface area contributed by atoms with Gasteiger partial charge < -0.3 is 10.3 Å². The van der Waals surface area contributed by atoms with Gasteiger partial charge in [0.1, 0.15) is 0 Å². The lowest BCUT2D eigenvalue weighted by atomic mass is 9.94. The van der Waals surface area contributed by atoms with Crippen LogP contribution in [0.25, 0.3) is 22.2 Å². The van der Waals surface area contributed by atoms with E-state index in [0.717, 1.165) is 22.3 Å². The van der Waals surface area contributed by atoms with Crippen molar-refractivity contribution in [3.05, 3.63) is 57.6 Å². The SMILES string of the molecule is N#CCCC(C#N)Cc1ccc2c(c1)-c1[nH]c3ccc([N+](=O)[O-])cc3c1CC(=O)N2. The summed E-state index contributed by atoms with van der Waals surface area (Å²) in [4.78, 5) is 26.5. The van der Waals surface area contributed by atoms with Crippen molar-refractivity contribution in [2.45, 2.75) is 25.7 Å². The number of nitro groups is 1. The maximum absolute atomic E-state index is 12.5. The maximum Gasteiger partial charge on any atom is 0.270 e. The highest BCUT2D eigenvalue weighted by Gasteiger charge is 2.24. The lowest BCUT2D eigenvalue weighted by Gasteiger charge is -2.12. The molecule has 1 amide bonds. The van der Waals surface area contributed by atoms with Crippen molar-refractivity contribution < 1.29 is 9.72 Å². The molecule has 0 spiro atoms. The number of H-pyrrole nitrogens is 1. The predicted octanol–water partition coefficient (Wildman–Crippen LogP) is 4.22. The molecule has 0 radical (unpaired) electrons. The van der Waals surface area contributed by atoms with Crippen LogP contribution in [0.1, 0.15) is 24.0 Å². The highest BCUT2D eigenvalue weighted by molar-refractivity contribution is 6.05. The zero-order valence-corrected chi connectivity index (χ0v) is 15.9. The Labute approximate surface area is 171 Å². The minimum Gasteiger partial charge on any atom is -0.354 e. The monoisotopic (exact) mass is 399 g/mol. The molecule has 8 nitrogen and oxygen atoms in total. The van der Waals surface area contributed by atoms with E-state index in [4.69, 9.17) is 5.26 Å². The van der Waals surface area contributed by atoms with Gasteiger partial charge in [-0.1, -0.05) is 6.07 Å². The fourth-order valence-electron chi connectivity index (χ4n) is 3.89. The second-order valence-corrected chi connectivity index (χ2v) is 7.30. The van der Waals surface area contributed by atoms with Crippen molar-refractivity contribution in [3.63, 3.8) is 0 Å². The van der Waals surface area contributed by atoms with Crippen LogP contribution in [0.15, 0.2) is 36.4 Å². The number of rotatable bonds is 5. The fourth-order valence-corrected chi connectivity index (χ4v) is 3.89. The average molecular weight is 399 g/mol. The summed E-state index contributed by atoms with van der Waals surface area (Å²) in [5.74, 6) is -0.466. The van der Waals surface area contributed by atoms with Crippen molar-refractivity contribution in [1.29, 1.82) is 10.5 Å². The number of amides is 1. The Kier molecular flexibility index (Phi) is 4.91. The largest absolute Gasteiger partial charge is 0.354 e. The minimum absolute atomic E-state index is 0.0303. The smallest absolute Gasteiger partial charge is 0.270 e. The molecule has 0 saturated carbocycles. The number of anilines is 1. The van der Waals surface area contributed by atoms with Crippen molar-refractivity contribution in [2.75, 3.05) is 5.32 Å². The third kappa shape index (κ3) is 3.47. The lowest BCUT2D eigenvalue weighted by molar-refractivity contribution is -0.384. The van der Waals surface area contributed by atoms with E-state index in [1.54, 1.807) is 6.07 Å². The van der Waals surface area contributed by atoms with Crippen molar-refractivity contribution >= 4 is 28.2 Å². The topological polar surface area (TPSA) is 136 Å². The van der Waals surface area contributed by atoms with Gasteiger partial charge in [-0.05, 0) is 42.2 Å². The minimum atomic E-state index is -0.453. The van der Waals surface area contributed by atoms with E-state index in [9.17, 15) is 20.2 Å². The Morgan fingerprint density at radius 1 is 1.20 bits per heavy atom. The number of nitrogens with one attached hydrogen (secondary N) is 2. The third-order valence-corrected chi connectivity index (χ3v) is 5.33. The number of hydrogen-bond acceptors (Lipinski definition) is 5. The van der Waals surface area contributed by atoms with Crippen LogP contribution in [0.3, 0.4) is 0 Å². The number of benzene rings is 2. The van der Waals surface area contributed by atoms with Crippen molar-refractivity contribution in [1.82, 2.24) is 4.98 Å². The van der Waals surface area contributed by atoms with E-state index < -0.39 is 4.92 Å². The van der Waals surface area contributed by atoms with Gasteiger partial charge in [0, 0.05) is 35.0 Å². The molecule has 1 atom stereocenters. The summed E-state index contributed by atoms with van der Waals surface area (Å²) < 4.78 is 0. The van der Waals surface area contributed by atoms with Gasteiger partial charge in [0.15, 0.2) is 0 Å². The molecule has 2 heterocycles. The Bertz CT molecular complexity index is 1260. The van der Waals surface area contributed by atoms with Crippen LogP contribution in [0, 0.1) is 38.7 Å². The first-order valence-corrected chi connectivity index (χ1v) is 9.49. The van der Waals surface area contributed by atoms with Gasteiger partial charge in [0.25, 0.3) is 5.69 Å². The second-order valence-electron chi connectivity index (χ2n) is 7.30. The van der Waals surface area contributed by atoms with E-state index in [-0.39, 0.29) is 23.9 Å². The number of aromatic nitrogens is 1. The van der Waals surface area contributed by atoms with Gasteiger partial charge in [-0.25, -0.2) is 0 Å². The van der Waals surface area contributed by atoms with Gasteiger partial charge in [0.2, 0.25) is 5.91 Å². The molecule has 2 aromatic carbocycles. The lowest BCUT2D eigenvalue weighted by Crippen LogP contribution is -2.12. The van der Waals surface area contributed by atoms with Crippen LogP contribution in [-0.4, -0.2) is 15.8 Å². The molecule has 1 aromatic heterocycles. The van der Waals surface area contributed by atoms with Crippen LogP contribution in [0.2, 0.25) is 0 Å². The number of aromatic amines is 1. The number of nitrogens with zero attached hydrogens (tertiary/aromatic N) is 3. The van der Waals surface area contributed by atoms with E-state index in [1.807, 2.05) is 18.2 Å². The third-order valence-electron chi connectivity index (χ3n) is 5.33. The average Bonchev–Trinajstić information content (AvgIpc) is 3.02. The van der Waals surface area contributed by atoms with Crippen LogP contribution in [0.5, 0.6) is 0 Å². The summed E-state index contributed by atoms with van der Waals surface area (Å²) in [5.41, 5.74) is 4.50. The normalized spacial score (nSPS) is 13.3. The molecule has 4 rings (SSSR count). The Balaban J connectivity index is 1.81. The molecule has 1 unspecified atom stereocenters. The Morgan fingerprint density at radius 3 is 2.77 bits per heavy atom. The molecule has 8 heteroatoms. The number of hydrogen-bond donors (Lipinski definition) is 2. The summed E-state index contributed by atoms with van der Waals surface area (Å²) in [6.07, 6.45) is 1.43. The molecule has 0 fully saturated rings. The molecule has 148 valence electrons. The van der Waals surface area contributed by atoms with Crippen LogP contribution in [0.4, 0.5) is 11.4 Å². The zero-order chi connectivity index (χ0) is 21.3. The van der Waals surface area contributed by atoms with E-state index in [1.165, 1.54) is 12.1 Å². The number of fused-ring (bicyclic) bond motifs is 5. The van der Waals surface area contributed by atoms with Crippen LogP contribution < -0.4 is 5.32 Å². The molecule has 0 saturated heterocycles. The molecule has 30 heavy (non-hydrogen) atoms. The molecule has 3 aromatic rings. The standard InChI is InChI=1S/C22H17N5O3/c23-7-1-2-14(12-24)8-13-3-5-20-18(9-13)22-17(11-21(28)25-20)16-10-15(27(29)30)4-6-19(16)26-22/h3-6,9-10,14,26H,1-2,8,11H2,(H,25,28). The highest BCUT2D eigenvalue weighted by Crippen LogP contribution is 2.39. The maximum atomic E-state index is 12.5. The molecular weight excluding hydrogens is 382 g/mol. The summed E-state index contributed by atoms with van der Waals surface area (Å²) >= 11 is 0. The van der Waals surface area contributed by atoms with Crippen LogP contribution in [-0.2, 0) is 17.6 Å². The van der Waals surface area contributed by atoms with Gasteiger partial charge in [-0.3, -0.25) is 14.9 Å². The van der Waals surface area contributed by atoms with Gasteiger partial charge in [-0.2, -0.15) is 10.5 Å². The molecular formula is C22H17N5O3. The summed E-state index contributed by atoms with van der Waals surface area (Å²) in [6, 6.07) is 14.5. The molecule has 1 aliphatic heterocycles. The van der Waals surface area contributed by atoms with Crippen molar-refractivity contribution in [2.24, 2.45) is 5.92 Å². The van der Waals surface area contributed by atoms with E-state index >= 15 is 0 Å². The fraction of sp³-hybridized carbons (Fsp3) is 0.227. The Morgan fingerprint density at radius 2 is 2.03 bits per heavy atom. The van der Waals surface area contributed by atoms with E-state index in [0.29, 0.717) is 35.9 Å². The highest BCUT2D eigenvalue weighted by atomic mass is 16.6. The number of non-ortho nitro benzene ring substituents is 1. The number of nitro benzene ring substituents is 1. The molecule has 0 aliphatic carbocycles. The first-order chi connectivity index (χ1) is 14.5. The zero-order valence-electron chi connectivity index (χ0n) is 15.9. The number of carbonyl (C=O) groups is 1. The summed E-state index contributed by atoms with van der Waals surface area (Å²) in [5, 5.41) is 32.9. The number of carbonyl (C=O) groups excluding carboxylic acids is 1. The van der Waals surface area contributed by atoms with Gasteiger partial charge >= 0.3 is 0 Å². The summed E-state index contributed by atoms with van der Waals surface area (Å²) in [6.45, 7) is 0. The number of nitriles is 2.